The summed E-state index contributed by atoms with van der Waals surface area (Å²) in [7, 11) is 0. The Bertz CT molecular complexity index is 431. The van der Waals surface area contributed by atoms with Gasteiger partial charge in [-0.3, -0.25) is 4.90 Å². The average Bonchev–Trinajstić information content (AvgIpc) is 2.91. The van der Waals surface area contributed by atoms with E-state index < -0.39 is 0 Å². The summed E-state index contributed by atoms with van der Waals surface area (Å²) in [5.41, 5.74) is 2.49. The number of hydrogen-bond donors (Lipinski definition) is 1. The Hall–Kier alpha value is -0.860. The van der Waals surface area contributed by atoms with Crippen LogP contribution in [0.3, 0.4) is 0 Å². The van der Waals surface area contributed by atoms with Crippen molar-refractivity contribution < 1.29 is 5.11 Å². The van der Waals surface area contributed by atoms with Crippen molar-refractivity contribution in [1.82, 2.24) is 4.90 Å². The molecule has 3 rings (SSSR count). The summed E-state index contributed by atoms with van der Waals surface area (Å²) in [6.07, 6.45) is 4.48. The first-order valence-electron chi connectivity index (χ1n) is 7.25. The van der Waals surface area contributed by atoms with Crippen molar-refractivity contribution in [1.29, 1.82) is 0 Å². The molecule has 0 radical (unpaired) electrons. The van der Waals surface area contributed by atoms with E-state index in [2.05, 4.69) is 36.9 Å². The van der Waals surface area contributed by atoms with Crippen LogP contribution in [0.1, 0.15) is 50.3 Å². The third-order valence-electron chi connectivity index (χ3n) is 4.87. The lowest BCUT2D eigenvalue weighted by Crippen LogP contribution is -2.45. The summed E-state index contributed by atoms with van der Waals surface area (Å²) in [5, 5.41) is 10.6. The highest BCUT2D eigenvalue weighted by molar-refractivity contribution is 5.36. The number of aliphatic hydroxyl groups is 1. The van der Waals surface area contributed by atoms with Crippen molar-refractivity contribution in [3.8, 4) is 0 Å². The van der Waals surface area contributed by atoms with Crippen molar-refractivity contribution in [2.75, 3.05) is 0 Å². The third kappa shape index (κ3) is 1.79. The predicted octanol–water partition coefficient (Wildman–Crippen LogP) is 2.91. The maximum Gasteiger partial charge on any atom is 0.0951 e. The standard InChI is InChI=1S/C16H23NO/c1-3-13-9-8-11(2)17(13)15-10-12-6-4-5-7-14(12)16(15)18/h4-7,11,13,15-16,18H,3,8-10H2,1-2H3. The van der Waals surface area contributed by atoms with Gasteiger partial charge in [-0.15, -0.1) is 0 Å². The van der Waals surface area contributed by atoms with Crippen molar-refractivity contribution in [2.45, 2.75) is 63.8 Å². The molecule has 4 unspecified atom stereocenters. The van der Waals surface area contributed by atoms with Crippen LogP contribution >= 0.6 is 0 Å². The number of fused-ring (bicyclic) bond motifs is 1. The first kappa shape index (κ1) is 12.2. The molecule has 1 aliphatic carbocycles. The van der Waals surface area contributed by atoms with Crippen molar-refractivity contribution in [3.63, 3.8) is 0 Å². The zero-order valence-corrected chi connectivity index (χ0v) is 11.3. The molecule has 4 atom stereocenters. The van der Waals surface area contributed by atoms with Crippen LogP contribution in [0.25, 0.3) is 0 Å². The summed E-state index contributed by atoms with van der Waals surface area (Å²) in [6, 6.07) is 9.94. The van der Waals surface area contributed by atoms with E-state index in [1.165, 1.54) is 24.8 Å². The van der Waals surface area contributed by atoms with E-state index in [1.54, 1.807) is 0 Å². The van der Waals surface area contributed by atoms with Gasteiger partial charge in [0, 0.05) is 18.1 Å². The van der Waals surface area contributed by atoms with Gasteiger partial charge in [-0.1, -0.05) is 31.2 Å². The molecule has 1 fully saturated rings. The van der Waals surface area contributed by atoms with Gasteiger partial charge in [0.25, 0.3) is 0 Å². The van der Waals surface area contributed by atoms with Crippen LogP contribution in [-0.4, -0.2) is 28.1 Å². The second-order valence-corrected chi connectivity index (χ2v) is 5.85. The van der Waals surface area contributed by atoms with Gasteiger partial charge < -0.3 is 5.11 Å². The summed E-state index contributed by atoms with van der Waals surface area (Å²) in [6.45, 7) is 4.58. The lowest BCUT2D eigenvalue weighted by molar-refractivity contribution is 0.0325. The fourth-order valence-electron chi connectivity index (χ4n) is 3.93. The maximum absolute atomic E-state index is 10.6. The van der Waals surface area contributed by atoms with E-state index >= 15 is 0 Å². The van der Waals surface area contributed by atoms with E-state index in [-0.39, 0.29) is 6.10 Å². The van der Waals surface area contributed by atoms with E-state index in [0.717, 1.165) is 12.0 Å². The molecule has 1 heterocycles. The highest BCUT2D eigenvalue weighted by Crippen LogP contribution is 2.39. The van der Waals surface area contributed by atoms with Gasteiger partial charge >= 0.3 is 0 Å². The smallest absolute Gasteiger partial charge is 0.0951 e. The molecule has 2 nitrogen and oxygen atoms in total. The van der Waals surface area contributed by atoms with Gasteiger partial charge in [0.2, 0.25) is 0 Å². The normalized spacial score (nSPS) is 35.9. The molecular formula is C16H23NO. The molecule has 1 aromatic carbocycles. The minimum absolute atomic E-state index is 0.296. The molecule has 2 aliphatic rings. The summed E-state index contributed by atoms with van der Waals surface area (Å²) in [5.74, 6) is 0. The van der Waals surface area contributed by atoms with Crippen LogP contribution in [0, 0.1) is 0 Å². The number of nitrogens with zero attached hydrogens (tertiary/aromatic N) is 1. The quantitative estimate of drug-likeness (QED) is 0.866. The van der Waals surface area contributed by atoms with Gasteiger partial charge in [0.1, 0.15) is 0 Å². The molecule has 1 N–H and O–H groups in total. The van der Waals surface area contributed by atoms with E-state index in [9.17, 15) is 5.11 Å². The molecule has 0 aromatic heterocycles. The molecule has 2 heteroatoms. The first-order chi connectivity index (χ1) is 8.72. The SMILES string of the molecule is CCC1CCC(C)N1C1Cc2ccccc2C1O. The highest BCUT2D eigenvalue weighted by atomic mass is 16.3. The summed E-state index contributed by atoms with van der Waals surface area (Å²) >= 11 is 0. The van der Waals surface area contributed by atoms with E-state index in [0.29, 0.717) is 18.1 Å². The van der Waals surface area contributed by atoms with Gasteiger partial charge in [-0.2, -0.15) is 0 Å². The van der Waals surface area contributed by atoms with Crippen LogP contribution < -0.4 is 0 Å². The van der Waals surface area contributed by atoms with Crippen LogP contribution in [0.15, 0.2) is 24.3 Å². The third-order valence-corrected chi connectivity index (χ3v) is 4.87. The minimum atomic E-state index is -0.296. The molecule has 1 aliphatic heterocycles. The van der Waals surface area contributed by atoms with Crippen molar-refractivity contribution in [3.05, 3.63) is 35.4 Å². The average molecular weight is 245 g/mol. The molecule has 0 saturated carbocycles. The number of hydrogen-bond acceptors (Lipinski definition) is 2. The Labute approximate surface area is 110 Å². The van der Waals surface area contributed by atoms with Crippen LogP contribution in [-0.2, 0) is 6.42 Å². The van der Waals surface area contributed by atoms with Gasteiger partial charge in [-0.25, -0.2) is 0 Å². The Morgan fingerprint density at radius 1 is 1.28 bits per heavy atom. The Balaban J connectivity index is 1.87. The van der Waals surface area contributed by atoms with Gasteiger partial charge in [0.05, 0.1) is 6.10 Å². The van der Waals surface area contributed by atoms with Crippen LogP contribution in [0.2, 0.25) is 0 Å². The molecule has 98 valence electrons. The Kier molecular flexibility index (Phi) is 3.16. The lowest BCUT2D eigenvalue weighted by atomic mass is 10.1. The molecule has 0 amide bonds. The fourth-order valence-corrected chi connectivity index (χ4v) is 3.93. The van der Waals surface area contributed by atoms with Crippen LogP contribution in [0.4, 0.5) is 0 Å². The zero-order chi connectivity index (χ0) is 12.7. The number of benzene rings is 1. The predicted molar refractivity (Wildman–Crippen MR) is 73.5 cm³/mol. The maximum atomic E-state index is 10.6. The zero-order valence-electron chi connectivity index (χ0n) is 11.3. The Morgan fingerprint density at radius 2 is 2.06 bits per heavy atom. The second kappa shape index (κ2) is 4.67. The Morgan fingerprint density at radius 3 is 2.78 bits per heavy atom. The largest absolute Gasteiger partial charge is 0.387 e. The number of aliphatic hydroxyl groups excluding tert-OH is 1. The lowest BCUT2D eigenvalue weighted by Gasteiger charge is -2.35. The fraction of sp³-hybridized carbons (Fsp3) is 0.625. The highest BCUT2D eigenvalue weighted by Gasteiger charge is 2.42. The molecule has 0 bridgehead atoms. The first-order valence-corrected chi connectivity index (χ1v) is 7.25. The van der Waals surface area contributed by atoms with Crippen molar-refractivity contribution in [2.24, 2.45) is 0 Å². The number of likely N-dealkylation sites (tertiary alicyclic amines) is 1. The second-order valence-electron chi connectivity index (χ2n) is 5.85. The van der Waals surface area contributed by atoms with Crippen molar-refractivity contribution >= 4 is 0 Å². The topological polar surface area (TPSA) is 23.5 Å². The molecule has 1 saturated heterocycles. The van der Waals surface area contributed by atoms with E-state index in [4.69, 9.17) is 0 Å². The summed E-state index contributed by atoms with van der Waals surface area (Å²) < 4.78 is 0. The minimum Gasteiger partial charge on any atom is -0.387 e. The van der Waals surface area contributed by atoms with Gasteiger partial charge in [0.15, 0.2) is 0 Å². The molecule has 0 spiro atoms. The number of rotatable bonds is 2. The molecular weight excluding hydrogens is 222 g/mol. The molecule has 1 aromatic rings. The van der Waals surface area contributed by atoms with Crippen LogP contribution in [0.5, 0.6) is 0 Å². The summed E-state index contributed by atoms with van der Waals surface area (Å²) in [4.78, 5) is 2.59. The van der Waals surface area contributed by atoms with Gasteiger partial charge in [-0.05, 0) is 43.7 Å². The monoisotopic (exact) mass is 245 g/mol. The van der Waals surface area contributed by atoms with E-state index in [1.807, 2.05) is 6.07 Å². The molecule has 18 heavy (non-hydrogen) atoms.